The number of hydrogen-bond acceptors (Lipinski definition) is 4. The molecule has 0 aliphatic heterocycles. The number of alkyl halides is 2. The smallest absolute Gasteiger partial charge is 0.320 e. The summed E-state index contributed by atoms with van der Waals surface area (Å²) in [5, 5.41) is 8.76. The third-order valence-electron chi connectivity index (χ3n) is 2.62. The van der Waals surface area contributed by atoms with Crippen molar-refractivity contribution in [1.29, 1.82) is 0 Å². The molecule has 1 rings (SSSR count). The van der Waals surface area contributed by atoms with Gasteiger partial charge in [-0.15, -0.1) is 0 Å². The quantitative estimate of drug-likeness (QED) is 0.824. The van der Waals surface area contributed by atoms with E-state index in [0.717, 1.165) is 6.07 Å². The fraction of sp³-hybridized carbons (Fsp3) is 0.417. The number of ether oxygens (including phenoxy) is 2. The average Bonchev–Trinajstić information content (AvgIpc) is 2.37. The van der Waals surface area contributed by atoms with Crippen molar-refractivity contribution in [2.24, 2.45) is 5.73 Å². The Morgan fingerprint density at radius 2 is 1.89 bits per heavy atom. The van der Waals surface area contributed by atoms with Crippen LogP contribution in [0.2, 0.25) is 0 Å². The summed E-state index contributed by atoms with van der Waals surface area (Å²) in [6.07, 6.45) is -2.76. The number of methoxy groups -OCH3 is 2. The van der Waals surface area contributed by atoms with E-state index in [-0.39, 0.29) is 23.5 Å². The summed E-state index contributed by atoms with van der Waals surface area (Å²) in [6.45, 7) is 0. The Morgan fingerprint density at radius 3 is 2.32 bits per heavy atom. The Bertz CT molecular complexity index is 465. The summed E-state index contributed by atoms with van der Waals surface area (Å²) < 4.78 is 35.4. The maximum absolute atomic E-state index is 12.8. The average molecular weight is 275 g/mol. The number of carboxylic acid groups (broad SMARTS) is 1. The first kappa shape index (κ1) is 15.2. The van der Waals surface area contributed by atoms with Gasteiger partial charge in [0.15, 0.2) is 0 Å². The van der Waals surface area contributed by atoms with Crippen molar-refractivity contribution < 1.29 is 28.2 Å². The Kier molecular flexibility index (Phi) is 5.05. The molecule has 1 aromatic carbocycles. The topological polar surface area (TPSA) is 81.8 Å². The van der Waals surface area contributed by atoms with Crippen molar-refractivity contribution in [2.45, 2.75) is 18.9 Å². The Labute approximate surface area is 108 Å². The van der Waals surface area contributed by atoms with Gasteiger partial charge in [0.2, 0.25) is 0 Å². The predicted molar refractivity (Wildman–Crippen MR) is 63.8 cm³/mol. The highest BCUT2D eigenvalue weighted by Gasteiger charge is 2.21. The van der Waals surface area contributed by atoms with Crippen molar-refractivity contribution in [3.63, 3.8) is 0 Å². The molecule has 0 saturated carbocycles. The van der Waals surface area contributed by atoms with Crippen LogP contribution in [-0.2, 0) is 11.2 Å². The van der Waals surface area contributed by atoms with Gasteiger partial charge in [0, 0.05) is 6.42 Å². The normalized spacial score (nSPS) is 12.3. The van der Waals surface area contributed by atoms with Crippen molar-refractivity contribution in [2.75, 3.05) is 14.2 Å². The number of carboxylic acids is 1. The molecule has 0 aliphatic rings. The van der Waals surface area contributed by atoms with Crippen LogP contribution < -0.4 is 15.2 Å². The highest BCUT2D eigenvalue weighted by Crippen LogP contribution is 2.35. The molecular formula is C12H15F2NO4. The SMILES string of the molecule is COc1cc(C(F)F)c(OC)cc1CC(N)C(=O)O. The minimum Gasteiger partial charge on any atom is -0.496 e. The molecule has 0 aliphatic carbocycles. The Balaban J connectivity index is 3.20. The van der Waals surface area contributed by atoms with Crippen LogP contribution in [0.3, 0.4) is 0 Å². The van der Waals surface area contributed by atoms with E-state index in [9.17, 15) is 13.6 Å². The number of nitrogens with two attached hydrogens (primary N) is 1. The molecule has 1 atom stereocenters. The maximum Gasteiger partial charge on any atom is 0.320 e. The summed E-state index contributed by atoms with van der Waals surface area (Å²) in [4.78, 5) is 10.7. The monoisotopic (exact) mass is 275 g/mol. The van der Waals surface area contributed by atoms with Gasteiger partial charge in [-0.2, -0.15) is 0 Å². The third-order valence-corrected chi connectivity index (χ3v) is 2.62. The molecule has 5 nitrogen and oxygen atoms in total. The fourth-order valence-corrected chi connectivity index (χ4v) is 1.64. The van der Waals surface area contributed by atoms with E-state index in [0.29, 0.717) is 5.56 Å². The first-order valence-electron chi connectivity index (χ1n) is 5.42. The first-order chi connectivity index (χ1) is 8.90. The van der Waals surface area contributed by atoms with Gasteiger partial charge in [0.25, 0.3) is 6.43 Å². The van der Waals surface area contributed by atoms with E-state index >= 15 is 0 Å². The second kappa shape index (κ2) is 6.33. The third kappa shape index (κ3) is 3.54. The highest BCUT2D eigenvalue weighted by molar-refractivity contribution is 5.73. The summed E-state index contributed by atoms with van der Waals surface area (Å²) in [5.41, 5.74) is 5.51. The highest BCUT2D eigenvalue weighted by atomic mass is 19.3. The van der Waals surface area contributed by atoms with Crippen LogP contribution in [0.5, 0.6) is 11.5 Å². The van der Waals surface area contributed by atoms with E-state index < -0.39 is 18.4 Å². The lowest BCUT2D eigenvalue weighted by Gasteiger charge is -2.15. The summed E-state index contributed by atoms with van der Waals surface area (Å²) >= 11 is 0. The number of aliphatic carboxylic acids is 1. The van der Waals surface area contributed by atoms with Gasteiger partial charge in [-0.1, -0.05) is 0 Å². The van der Waals surface area contributed by atoms with Crippen LogP contribution in [0.15, 0.2) is 12.1 Å². The maximum atomic E-state index is 12.8. The first-order valence-corrected chi connectivity index (χ1v) is 5.42. The molecule has 0 bridgehead atoms. The number of carbonyl (C=O) groups is 1. The number of rotatable bonds is 6. The largest absolute Gasteiger partial charge is 0.496 e. The van der Waals surface area contributed by atoms with Crippen LogP contribution in [0.4, 0.5) is 8.78 Å². The molecule has 0 amide bonds. The predicted octanol–water partition coefficient (Wildman–Crippen LogP) is 1.60. The van der Waals surface area contributed by atoms with Gasteiger partial charge in [-0.25, -0.2) is 8.78 Å². The molecule has 1 aromatic rings. The van der Waals surface area contributed by atoms with Crippen molar-refractivity contribution in [1.82, 2.24) is 0 Å². The van der Waals surface area contributed by atoms with E-state index in [2.05, 4.69) is 0 Å². The minimum atomic E-state index is -2.72. The second-order valence-corrected chi connectivity index (χ2v) is 3.86. The zero-order chi connectivity index (χ0) is 14.6. The zero-order valence-electron chi connectivity index (χ0n) is 10.5. The second-order valence-electron chi connectivity index (χ2n) is 3.86. The van der Waals surface area contributed by atoms with Crippen molar-refractivity contribution in [3.05, 3.63) is 23.3 Å². The molecule has 0 heterocycles. The van der Waals surface area contributed by atoms with Crippen LogP contribution in [0.25, 0.3) is 0 Å². The molecule has 0 saturated heterocycles. The number of halogens is 2. The van der Waals surface area contributed by atoms with Gasteiger partial charge in [-0.3, -0.25) is 4.79 Å². The fourth-order valence-electron chi connectivity index (χ4n) is 1.64. The van der Waals surface area contributed by atoms with Gasteiger partial charge in [0.1, 0.15) is 17.5 Å². The molecule has 7 heteroatoms. The standard InChI is InChI=1S/C12H15F2NO4/c1-18-9-5-7(11(13)14)10(19-2)4-6(9)3-8(15)12(16)17/h4-5,8,11H,3,15H2,1-2H3,(H,16,17). The molecule has 0 fully saturated rings. The van der Waals surface area contributed by atoms with E-state index in [1.54, 1.807) is 0 Å². The summed E-state index contributed by atoms with van der Waals surface area (Å²) in [5.74, 6) is -1.05. The molecule has 1 unspecified atom stereocenters. The van der Waals surface area contributed by atoms with Crippen molar-refractivity contribution in [3.8, 4) is 11.5 Å². The van der Waals surface area contributed by atoms with Gasteiger partial charge >= 0.3 is 5.97 Å². The molecule has 19 heavy (non-hydrogen) atoms. The lowest BCUT2D eigenvalue weighted by Crippen LogP contribution is -2.32. The van der Waals surface area contributed by atoms with Gasteiger partial charge < -0.3 is 20.3 Å². The molecule has 0 radical (unpaired) electrons. The molecule has 0 spiro atoms. The molecule has 3 N–H and O–H groups in total. The molecule has 0 aromatic heterocycles. The Hall–Kier alpha value is -1.89. The minimum absolute atomic E-state index is 0.0246. The number of hydrogen-bond donors (Lipinski definition) is 2. The lowest BCUT2D eigenvalue weighted by atomic mass is 10.0. The lowest BCUT2D eigenvalue weighted by molar-refractivity contribution is -0.138. The molecule has 106 valence electrons. The van der Waals surface area contributed by atoms with Crippen LogP contribution in [0, 0.1) is 0 Å². The van der Waals surface area contributed by atoms with Crippen LogP contribution >= 0.6 is 0 Å². The Morgan fingerprint density at radius 1 is 1.32 bits per heavy atom. The van der Waals surface area contributed by atoms with Crippen molar-refractivity contribution >= 4 is 5.97 Å². The van der Waals surface area contributed by atoms with Gasteiger partial charge in [-0.05, 0) is 17.7 Å². The van der Waals surface area contributed by atoms with Gasteiger partial charge in [0.05, 0.1) is 19.8 Å². The zero-order valence-corrected chi connectivity index (χ0v) is 10.5. The van der Waals surface area contributed by atoms with Crippen LogP contribution in [0.1, 0.15) is 17.6 Å². The summed E-state index contributed by atoms with van der Waals surface area (Å²) in [7, 11) is 2.57. The van der Waals surface area contributed by atoms with E-state index in [4.69, 9.17) is 20.3 Å². The summed E-state index contributed by atoms with van der Waals surface area (Å²) in [6, 6.07) is 1.31. The van der Waals surface area contributed by atoms with Crippen LogP contribution in [-0.4, -0.2) is 31.3 Å². The van der Waals surface area contributed by atoms with E-state index in [1.807, 2.05) is 0 Å². The molecular weight excluding hydrogens is 260 g/mol. The van der Waals surface area contributed by atoms with E-state index in [1.165, 1.54) is 20.3 Å². The number of benzene rings is 1.